The lowest BCUT2D eigenvalue weighted by molar-refractivity contribution is -0.115. The number of aromatic nitrogens is 3. The van der Waals surface area contributed by atoms with Gasteiger partial charge in [0, 0.05) is 23.9 Å². The summed E-state index contributed by atoms with van der Waals surface area (Å²) in [7, 11) is 3.49. The Labute approximate surface area is 173 Å². The number of hydrogen-bond acceptors (Lipinski definition) is 6. The highest BCUT2D eigenvalue weighted by molar-refractivity contribution is 8.00. The molecule has 0 aliphatic rings. The average molecular weight is 410 g/mol. The van der Waals surface area contributed by atoms with Gasteiger partial charge in [0.1, 0.15) is 5.75 Å². The molecule has 3 aromatic rings. The first-order chi connectivity index (χ1) is 13.9. The maximum Gasteiger partial charge on any atom is 0.237 e. The molecule has 8 heteroatoms. The normalized spacial score (nSPS) is 11.7. The number of benzene rings is 2. The van der Waals surface area contributed by atoms with Crippen LogP contribution in [0.1, 0.15) is 24.2 Å². The maximum atomic E-state index is 12.5. The second kappa shape index (κ2) is 8.91. The van der Waals surface area contributed by atoms with Crippen molar-refractivity contribution in [3.05, 3.63) is 54.1 Å². The second-order valence-corrected chi connectivity index (χ2v) is 7.78. The van der Waals surface area contributed by atoms with Crippen molar-refractivity contribution in [2.75, 3.05) is 12.4 Å². The van der Waals surface area contributed by atoms with Crippen molar-refractivity contribution < 1.29 is 14.3 Å². The number of anilines is 1. The van der Waals surface area contributed by atoms with Crippen LogP contribution in [0.4, 0.5) is 5.69 Å². The third kappa shape index (κ3) is 4.83. The van der Waals surface area contributed by atoms with E-state index >= 15 is 0 Å². The summed E-state index contributed by atoms with van der Waals surface area (Å²) in [5.74, 6) is 1.32. The van der Waals surface area contributed by atoms with Gasteiger partial charge in [-0.05, 0) is 62.4 Å². The summed E-state index contributed by atoms with van der Waals surface area (Å²) in [5.41, 5.74) is 2.16. The van der Waals surface area contributed by atoms with E-state index in [2.05, 4.69) is 15.5 Å². The number of thioether (sulfide) groups is 1. The molecular weight excluding hydrogens is 388 g/mol. The van der Waals surface area contributed by atoms with Crippen LogP contribution in [0, 0.1) is 0 Å². The lowest BCUT2D eigenvalue weighted by Crippen LogP contribution is -2.22. The van der Waals surface area contributed by atoms with Gasteiger partial charge in [0.25, 0.3) is 0 Å². The quantitative estimate of drug-likeness (QED) is 0.471. The fourth-order valence-corrected chi connectivity index (χ4v) is 3.47. The molecule has 1 heterocycles. The highest BCUT2D eigenvalue weighted by Gasteiger charge is 2.19. The van der Waals surface area contributed by atoms with E-state index in [1.54, 1.807) is 31.4 Å². The number of ether oxygens (including phenoxy) is 1. The third-order valence-electron chi connectivity index (χ3n) is 4.39. The molecule has 0 bridgehead atoms. The average Bonchev–Trinajstić information content (AvgIpc) is 3.08. The molecule has 7 nitrogen and oxygen atoms in total. The van der Waals surface area contributed by atoms with Crippen molar-refractivity contribution in [3.63, 3.8) is 0 Å². The van der Waals surface area contributed by atoms with Crippen molar-refractivity contribution in [2.45, 2.75) is 24.3 Å². The van der Waals surface area contributed by atoms with E-state index < -0.39 is 0 Å². The topological polar surface area (TPSA) is 86.1 Å². The van der Waals surface area contributed by atoms with Gasteiger partial charge >= 0.3 is 0 Å². The van der Waals surface area contributed by atoms with Crippen molar-refractivity contribution in [1.29, 1.82) is 0 Å². The van der Waals surface area contributed by atoms with Gasteiger partial charge in [-0.25, -0.2) is 0 Å². The van der Waals surface area contributed by atoms with Crippen LogP contribution in [-0.2, 0) is 11.8 Å². The van der Waals surface area contributed by atoms with E-state index in [9.17, 15) is 9.59 Å². The molecule has 1 atom stereocenters. The first-order valence-corrected chi connectivity index (χ1v) is 9.89. The summed E-state index contributed by atoms with van der Waals surface area (Å²) < 4.78 is 7.04. The largest absolute Gasteiger partial charge is 0.497 e. The molecule has 1 amide bonds. The van der Waals surface area contributed by atoms with E-state index in [0.717, 1.165) is 11.3 Å². The number of ketones is 1. The van der Waals surface area contributed by atoms with E-state index in [0.29, 0.717) is 22.2 Å². The lowest BCUT2D eigenvalue weighted by atomic mass is 10.1. The Bertz CT molecular complexity index is 1010. The summed E-state index contributed by atoms with van der Waals surface area (Å²) in [5, 5.41) is 11.6. The summed E-state index contributed by atoms with van der Waals surface area (Å²) >= 11 is 1.33. The standard InChI is InChI=1S/C21H22N4O3S/c1-13(26)15-5-9-17(10-6-15)22-20(27)14(2)29-21-24-23-19(25(21)3)16-7-11-18(28-4)12-8-16/h5-12,14H,1-4H3,(H,22,27)/t14-/m0/s1. The molecule has 3 rings (SSSR count). The summed E-state index contributed by atoms with van der Waals surface area (Å²) in [6.45, 7) is 3.32. The third-order valence-corrected chi connectivity index (χ3v) is 5.53. The minimum absolute atomic E-state index is 0.0123. The molecule has 0 saturated heterocycles. The Balaban J connectivity index is 1.66. The zero-order valence-corrected chi connectivity index (χ0v) is 17.5. The van der Waals surface area contributed by atoms with Gasteiger partial charge in [0.05, 0.1) is 12.4 Å². The zero-order valence-electron chi connectivity index (χ0n) is 16.7. The molecule has 0 radical (unpaired) electrons. The van der Waals surface area contributed by atoms with Gasteiger partial charge in [-0.1, -0.05) is 11.8 Å². The SMILES string of the molecule is COc1ccc(-c2nnc(S[C@@H](C)C(=O)Nc3ccc(C(C)=O)cc3)n2C)cc1. The van der Waals surface area contributed by atoms with Gasteiger partial charge in [0.15, 0.2) is 16.8 Å². The van der Waals surface area contributed by atoms with Crippen LogP contribution in [0.5, 0.6) is 5.75 Å². The molecule has 0 unspecified atom stereocenters. The highest BCUT2D eigenvalue weighted by Crippen LogP contribution is 2.27. The lowest BCUT2D eigenvalue weighted by Gasteiger charge is -2.12. The zero-order chi connectivity index (χ0) is 21.0. The number of carbonyl (C=O) groups excluding carboxylic acids is 2. The van der Waals surface area contributed by atoms with Gasteiger partial charge in [-0.3, -0.25) is 9.59 Å². The van der Waals surface area contributed by atoms with Gasteiger partial charge in [-0.2, -0.15) is 0 Å². The first kappa shape index (κ1) is 20.6. The predicted molar refractivity (Wildman–Crippen MR) is 113 cm³/mol. The molecule has 0 saturated carbocycles. The van der Waals surface area contributed by atoms with Gasteiger partial charge in [-0.15, -0.1) is 10.2 Å². The van der Waals surface area contributed by atoms with E-state index in [1.807, 2.05) is 42.8 Å². The minimum Gasteiger partial charge on any atom is -0.497 e. The number of rotatable bonds is 7. The minimum atomic E-state index is -0.380. The van der Waals surface area contributed by atoms with Crippen LogP contribution in [0.2, 0.25) is 0 Å². The number of hydrogen-bond donors (Lipinski definition) is 1. The molecule has 0 spiro atoms. The van der Waals surface area contributed by atoms with E-state index in [4.69, 9.17) is 4.74 Å². The summed E-state index contributed by atoms with van der Waals surface area (Å²) in [4.78, 5) is 23.9. The Morgan fingerprint density at radius 3 is 2.31 bits per heavy atom. The van der Waals surface area contributed by atoms with E-state index in [1.165, 1.54) is 18.7 Å². The fourth-order valence-electron chi connectivity index (χ4n) is 2.65. The molecule has 1 N–H and O–H groups in total. The van der Waals surface area contributed by atoms with Crippen LogP contribution < -0.4 is 10.1 Å². The van der Waals surface area contributed by atoms with Crippen LogP contribution in [0.15, 0.2) is 53.7 Å². The summed E-state index contributed by atoms with van der Waals surface area (Å²) in [6.07, 6.45) is 0. The predicted octanol–water partition coefficient (Wildman–Crippen LogP) is 3.81. The van der Waals surface area contributed by atoms with Gasteiger partial charge < -0.3 is 14.6 Å². The Hall–Kier alpha value is -3.13. The second-order valence-electron chi connectivity index (χ2n) is 6.48. The number of methoxy groups -OCH3 is 1. The van der Waals surface area contributed by atoms with Crippen molar-refractivity contribution in [1.82, 2.24) is 14.8 Å². The molecule has 0 aliphatic carbocycles. The number of carbonyl (C=O) groups is 2. The number of nitrogens with one attached hydrogen (secondary N) is 1. The van der Waals surface area contributed by atoms with Gasteiger partial charge in [0.2, 0.25) is 5.91 Å². The molecule has 2 aromatic carbocycles. The molecule has 1 aromatic heterocycles. The van der Waals surface area contributed by atoms with Crippen LogP contribution >= 0.6 is 11.8 Å². The molecular formula is C21H22N4O3S. The summed E-state index contributed by atoms with van der Waals surface area (Å²) in [6, 6.07) is 14.4. The maximum absolute atomic E-state index is 12.5. The van der Waals surface area contributed by atoms with Crippen LogP contribution in [0.3, 0.4) is 0 Å². The number of amides is 1. The van der Waals surface area contributed by atoms with E-state index in [-0.39, 0.29) is 16.9 Å². The van der Waals surface area contributed by atoms with Crippen LogP contribution in [-0.4, -0.2) is 38.8 Å². The first-order valence-electron chi connectivity index (χ1n) is 9.01. The molecule has 29 heavy (non-hydrogen) atoms. The Kier molecular flexibility index (Phi) is 6.33. The molecule has 0 aliphatic heterocycles. The van der Waals surface area contributed by atoms with Crippen molar-refractivity contribution >= 4 is 29.1 Å². The number of Topliss-reactive ketones (excluding diaryl/α,β-unsaturated/α-hetero) is 1. The van der Waals surface area contributed by atoms with Crippen molar-refractivity contribution in [2.24, 2.45) is 7.05 Å². The molecule has 0 fully saturated rings. The molecule has 150 valence electrons. The monoisotopic (exact) mass is 410 g/mol. The number of nitrogens with zero attached hydrogens (tertiary/aromatic N) is 3. The van der Waals surface area contributed by atoms with Crippen LogP contribution in [0.25, 0.3) is 11.4 Å². The Morgan fingerprint density at radius 2 is 1.72 bits per heavy atom. The highest BCUT2D eigenvalue weighted by atomic mass is 32.2. The Morgan fingerprint density at radius 1 is 1.07 bits per heavy atom. The smallest absolute Gasteiger partial charge is 0.237 e. The van der Waals surface area contributed by atoms with Crippen molar-refractivity contribution in [3.8, 4) is 17.1 Å². The fraction of sp³-hybridized carbons (Fsp3) is 0.238.